The number of aromatic amines is 1. The van der Waals surface area contributed by atoms with Gasteiger partial charge in [0.05, 0.1) is 6.33 Å². The minimum Gasteiger partial charge on any atom is -0.355 e. The maximum absolute atomic E-state index is 4.62. The Morgan fingerprint density at radius 2 is 2.11 bits per heavy atom. The summed E-state index contributed by atoms with van der Waals surface area (Å²) in [6.45, 7) is 9.11. The average Bonchev–Trinajstić information content (AvgIpc) is 2.88. The van der Waals surface area contributed by atoms with E-state index in [0.717, 1.165) is 43.0 Å². The van der Waals surface area contributed by atoms with E-state index in [9.17, 15) is 0 Å². The van der Waals surface area contributed by atoms with Gasteiger partial charge in [-0.1, -0.05) is 13.3 Å². The van der Waals surface area contributed by atoms with Crippen molar-refractivity contribution >= 4 is 22.9 Å². The van der Waals surface area contributed by atoms with Crippen LogP contribution in [0.3, 0.4) is 0 Å². The summed E-state index contributed by atoms with van der Waals surface area (Å²) in [5, 5.41) is 3.16. The third kappa shape index (κ3) is 2.94. The maximum atomic E-state index is 4.62. The number of hydrogen-bond acceptors (Lipinski definition) is 5. The fraction of sp³-hybridized carbons (Fsp3) is 0.615. The van der Waals surface area contributed by atoms with Crippen LogP contribution >= 0.6 is 0 Å². The minimum atomic E-state index is 0.645. The molecule has 0 unspecified atom stereocenters. The predicted molar refractivity (Wildman–Crippen MR) is 78.6 cm³/mol. The van der Waals surface area contributed by atoms with Gasteiger partial charge in [-0.15, -0.1) is 0 Å². The molecule has 2 rings (SSSR count). The first-order valence-electron chi connectivity index (χ1n) is 7.00. The normalized spacial score (nSPS) is 10.9. The molecule has 6 heteroatoms. The Balaban J connectivity index is 2.40. The van der Waals surface area contributed by atoms with Gasteiger partial charge in [0.15, 0.2) is 11.5 Å². The van der Waals surface area contributed by atoms with Gasteiger partial charge < -0.3 is 15.2 Å². The van der Waals surface area contributed by atoms with E-state index in [0.29, 0.717) is 5.95 Å². The van der Waals surface area contributed by atoms with Crippen molar-refractivity contribution in [2.24, 2.45) is 0 Å². The molecular weight excluding hydrogens is 240 g/mol. The molecule has 2 aromatic rings. The topological polar surface area (TPSA) is 69.7 Å². The zero-order chi connectivity index (χ0) is 13.7. The Kier molecular flexibility index (Phi) is 4.54. The van der Waals surface area contributed by atoms with E-state index >= 15 is 0 Å². The van der Waals surface area contributed by atoms with E-state index in [-0.39, 0.29) is 0 Å². The summed E-state index contributed by atoms with van der Waals surface area (Å²) in [6, 6.07) is 0. The van der Waals surface area contributed by atoms with Crippen molar-refractivity contribution in [1.29, 1.82) is 0 Å². The van der Waals surface area contributed by atoms with E-state index < -0.39 is 0 Å². The summed E-state index contributed by atoms with van der Waals surface area (Å²) < 4.78 is 0. The number of hydrogen-bond donors (Lipinski definition) is 2. The highest BCUT2D eigenvalue weighted by Gasteiger charge is 2.14. The van der Waals surface area contributed by atoms with Crippen molar-refractivity contribution in [1.82, 2.24) is 19.9 Å². The summed E-state index contributed by atoms with van der Waals surface area (Å²) in [4.78, 5) is 18.7. The molecule has 2 heterocycles. The molecule has 0 saturated heterocycles. The fourth-order valence-electron chi connectivity index (χ4n) is 2.05. The zero-order valence-electron chi connectivity index (χ0n) is 11.9. The predicted octanol–water partition coefficient (Wildman–Crippen LogP) is 2.41. The summed E-state index contributed by atoms with van der Waals surface area (Å²) >= 11 is 0. The quantitative estimate of drug-likeness (QED) is 0.802. The number of anilines is 2. The fourth-order valence-corrected chi connectivity index (χ4v) is 2.05. The highest BCUT2D eigenvalue weighted by Crippen LogP contribution is 2.22. The molecule has 0 spiro atoms. The van der Waals surface area contributed by atoms with Crippen molar-refractivity contribution in [2.45, 2.75) is 33.6 Å². The molecule has 0 aliphatic rings. The van der Waals surface area contributed by atoms with Crippen LogP contribution in [0.5, 0.6) is 0 Å². The van der Waals surface area contributed by atoms with Crippen LogP contribution in [0, 0.1) is 0 Å². The highest BCUT2D eigenvalue weighted by atomic mass is 15.2. The summed E-state index contributed by atoms with van der Waals surface area (Å²) in [7, 11) is 0. The van der Waals surface area contributed by atoms with E-state index in [1.54, 1.807) is 6.33 Å². The summed E-state index contributed by atoms with van der Waals surface area (Å²) in [6.07, 6.45) is 4.00. The van der Waals surface area contributed by atoms with Gasteiger partial charge in [-0.3, -0.25) is 0 Å². The van der Waals surface area contributed by atoms with Crippen LogP contribution in [0.25, 0.3) is 11.2 Å². The number of nitrogens with zero attached hydrogens (tertiary/aromatic N) is 4. The lowest BCUT2D eigenvalue weighted by atomic mass is 10.3. The van der Waals surface area contributed by atoms with E-state index in [1.165, 1.54) is 6.42 Å². The molecule has 0 amide bonds. The van der Waals surface area contributed by atoms with Crippen LogP contribution < -0.4 is 10.2 Å². The van der Waals surface area contributed by atoms with Crippen molar-refractivity contribution < 1.29 is 0 Å². The maximum Gasteiger partial charge on any atom is 0.226 e. The Bertz CT molecular complexity index is 521. The van der Waals surface area contributed by atoms with Crippen LogP contribution in [0.4, 0.5) is 11.8 Å². The molecule has 0 aliphatic carbocycles. The molecule has 2 N–H and O–H groups in total. The lowest BCUT2D eigenvalue weighted by Gasteiger charge is -2.22. The van der Waals surface area contributed by atoms with E-state index in [4.69, 9.17) is 0 Å². The molecule has 0 aliphatic heterocycles. The van der Waals surface area contributed by atoms with E-state index in [1.807, 2.05) is 6.92 Å². The molecule has 2 aromatic heterocycles. The largest absolute Gasteiger partial charge is 0.355 e. The van der Waals surface area contributed by atoms with Gasteiger partial charge in [0.25, 0.3) is 0 Å². The Hall–Kier alpha value is -1.85. The van der Waals surface area contributed by atoms with Gasteiger partial charge in [0, 0.05) is 19.6 Å². The van der Waals surface area contributed by atoms with Crippen LogP contribution in [0.15, 0.2) is 6.33 Å². The zero-order valence-corrected chi connectivity index (χ0v) is 11.9. The number of unbranched alkanes of at least 4 members (excludes halogenated alkanes) is 1. The van der Waals surface area contributed by atoms with Crippen molar-refractivity contribution in [3.63, 3.8) is 0 Å². The van der Waals surface area contributed by atoms with E-state index in [2.05, 4.69) is 44.0 Å². The second-order valence-corrected chi connectivity index (χ2v) is 4.44. The van der Waals surface area contributed by atoms with Crippen LogP contribution in [0.1, 0.15) is 33.6 Å². The Morgan fingerprint density at radius 1 is 1.26 bits per heavy atom. The van der Waals surface area contributed by atoms with Crippen molar-refractivity contribution in [3.05, 3.63) is 6.33 Å². The standard InChI is InChI=1S/C13H22N6/c1-4-7-8-19(6-3)12-10-11(16-9-15-10)17-13(18-12)14-5-2/h9H,4-8H2,1-3H3,(H2,14,15,16,17,18). The molecule has 0 aromatic carbocycles. The number of rotatable bonds is 7. The Labute approximate surface area is 113 Å². The van der Waals surface area contributed by atoms with Crippen LogP contribution in [-0.4, -0.2) is 39.6 Å². The van der Waals surface area contributed by atoms with Crippen LogP contribution in [0.2, 0.25) is 0 Å². The number of aromatic nitrogens is 4. The number of imidazole rings is 1. The number of H-pyrrole nitrogens is 1. The second-order valence-electron chi connectivity index (χ2n) is 4.44. The molecule has 6 nitrogen and oxygen atoms in total. The van der Waals surface area contributed by atoms with Crippen LogP contribution in [-0.2, 0) is 0 Å². The highest BCUT2D eigenvalue weighted by molar-refractivity contribution is 5.84. The van der Waals surface area contributed by atoms with Gasteiger partial charge in [0.2, 0.25) is 5.95 Å². The number of fused-ring (bicyclic) bond motifs is 1. The van der Waals surface area contributed by atoms with Gasteiger partial charge in [-0.25, -0.2) is 4.98 Å². The first-order chi connectivity index (χ1) is 9.30. The summed E-state index contributed by atoms with van der Waals surface area (Å²) in [5.41, 5.74) is 1.63. The molecule has 0 bridgehead atoms. The van der Waals surface area contributed by atoms with Crippen molar-refractivity contribution in [3.8, 4) is 0 Å². The average molecular weight is 262 g/mol. The monoisotopic (exact) mass is 262 g/mol. The van der Waals surface area contributed by atoms with Gasteiger partial charge in [-0.2, -0.15) is 9.97 Å². The smallest absolute Gasteiger partial charge is 0.226 e. The molecule has 0 atom stereocenters. The minimum absolute atomic E-state index is 0.645. The molecule has 0 fully saturated rings. The first kappa shape index (κ1) is 13.6. The molecular formula is C13H22N6. The lowest BCUT2D eigenvalue weighted by molar-refractivity contribution is 0.725. The van der Waals surface area contributed by atoms with Gasteiger partial charge in [-0.05, 0) is 20.3 Å². The Morgan fingerprint density at radius 3 is 2.79 bits per heavy atom. The first-order valence-corrected chi connectivity index (χ1v) is 7.00. The number of nitrogens with one attached hydrogen (secondary N) is 2. The third-order valence-electron chi connectivity index (χ3n) is 3.06. The lowest BCUT2D eigenvalue weighted by Crippen LogP contribution is -2.25. The summed E-state index contributed by atoms with van der Waals surface area (Å²) in [5.74, 6) is 1.58. The molecule has 0 saturated carbocycles. The third-order valence-corrected chi connectivity index (χ3v) is 3.06. The SMILES string of the molecule is CCCCN(CC)c1nc(NCC)nc2nc[nH]c12. The van der Waals surface area contributed by atoms with Gasteiger partial charge >= 0.3 is 0 Å². The molecule has 104 valence electrons. The molecule has 19 heavy (non-hydrogen) atoms. The second kappa shape index (κ2) is 6.36. The van der Waals surface area contributed by atoms with Crippen molar-refractivity contribution in [2.75, 3.05) is 29.9 Å². The van der Waals surface area contributed by atoms with Gasteiger partial charge in [0.1, 0.15) is 5.52 Å². The molecule has 0 radical (unpaired) electrons.